The van der Waals surface area contributed by atoms with Crippen LogP contribution in [-0.4, -0.2) is 31.6 Å². The van der Waals surface area contributed by atoms with E-state index in [0.717, 1.165) is 24.3 Å². The van der Waals surface area contributed by atoms with E-state index in [0.29, 0.717) is 0 Å². The molecule has 0 heterocycles. The maximum Gasteiger partial charge on any atom is 0.357 e. The number of benzene rings is 2. The Morgan fingerprint density at radius 2 is 1.50 bits per heavy atom. The molecule has 10 nitrogen and oxygen atoms in total. The lowest BCUT2D eigenvalue weighted by Crippen LogP contribution is -2.23. The molecule has 0 radical (unpaired) electrons. The molecule has 0 bridgehead atoms. The van der Waals surface area contributed by atoms with E-state index in [1.54, 1.807) is 0 Å². The van der Waals surface area contributed by atoms with Crippen molar-refractivity contribution in [1.29, 1.82) is 0 Å². The summed E-state index contributed by atoms with van der Waals surface area (Å²) >= 11 is 0. The molecule has 2 N–H and O–H groups in total. The summed E-state index contributed by atoms with van der Waals surface area (Å²) in [4.78, 5) is 45.1. The number of nitro benzene ring substituents is 2. The minimum Gasteiger partial charge on any atom is -0.508 e. The van der Waals surface area contributed by atoms with Crippen LogP contribution in [0.25, 0.3) is 0 Å². The van der Waals surface area contributed by atoms with Crippen molar-refractivity contribution < 1.29 is 29.6 Å². The number of phenols is 2. The van der Waals surface area contributed by atoms with Gasteiger partial charge in [0.2, 0.25) is 5.78 Å². The molecule has 0 aliphatic heterocycles. The second-order valence-electron chi connectivity index (χ2n) is 4.92. The molecule has 2 aromatic rings. The highest BCUT2D eigenvalue weighted by Gasteiger charge is 2.42. The van der Waals surface area contributed by atoms with Crippen molar-refractivity contribution >= 4 is 22.9 Å². The van der Waals surface area contributed by atoms with Gasteiger partial charge in [-0.1, -0.05) is 0 Å². The van der Waals surface area contributed by atoms with Crippen molar-refractivity contribution in [3.05, 3.63) is 66.7 Å². The van der Waals surface area contributed by atoms with Gasteiger partial charge >= 0.3 is 11.4 Å². The van der Waals surface area contributed by atoms with Crippen molar-refractivity contribution in [3.63, 3.8) is 0 Å². The normalized spacial score (nSPS) is 12.5. The first-order valence-corrected chi connectivity index (χ1v) is 6.35. The molecule has 1 aliphatic rings. The van der Waals surface area contributed by atoms with Crippen LogP contribution in [0.15, 0.2) is 24.3 Å². The Morgan fingerprint density at radius 3 is 2.08 bits per heavy atom. The van der Waals surface area contributed by atoms with Crippen LogP contribution in [0.3, 0.4) is 0 Å². The lowest BCUT2D eigenvalue weighted by Gasteiger charge is -2.18. The zero-order chi connectivity index (χ0) is 17.8. The van der Waals surface area contributed by atoms with Crippen molar-refractivity contribution in [2.24, 2.45) is 0 Å². The lowest BCUT2D eigenvalue weighted by molar-refractivity contribution is -0.422. The molecular formula is C14H6N2O8. The van der Waals surface area contributed by atoms with Gasteiger partial charge in [-0.2, -0.15) is 0 Å². The molecule has 0 spiro atoms. The van der Waals surface area contributed by atoms with Crippen LogP contribution < -0.4 is 0 Å². The molecule has 3 rings (SSSR count). The second kappa shape index (κ2) is 4.84. The maximum absolute atomic E-state index is 12.6. The minimum atomic E-state index is -1.12. The van der Waals surface area contributed by atoms with Crippen molar-refractivity contribution in [2.75, 3.05) is 0 Å². The van der Waals surface area contributed by atoms with Gasteiger partial charge in [-0.25, -0.2) is 0 Å². The molecule has 2 aromatic carbocycles. The highest BCUT2D eigenvalue weighted by molar-refractivity contribution is 6.31. The second-order valence-corrected chi connectivity index (χ2v) is 4.92. The Kier molecular flexibility index (Phi) is 3.04. The molecular weight excluding hydrogens is 324 g/mol. The Bertz CT molecular complexity index is 979. The molecule has 0 saturated carbocycles. The van der Waals surface area contributed by atoms with E-state index in [4.69, 9.17) is 0 Å². The number of phenolic OH excluding ortho intramolecular Hbond substituents is 2. The van der Waals surface area contributed by atoms with Crippen molar-refractivity contribution in [3.8, 4) is 11.5 Å². The summed E-state index contributed by atoms with van der Waals surface area (Å²) in [5.74, 6) is -3.21. The molecule has 0 atom stereocenters. The SMILES string of the molecule is O=C1c2cc(O)cc(O)c2C(=O)c2c1ccc([N+](=O)[O-])c2[N+](=O)[O-]. The number of fused-ring (bicyclic) bond motifs is 2. The van der Waals surface area contributed by atoms with Gasteiger partial charge in [0.1, 0.15) is 17.1 Å². The average Bonchev–Trinajstić information content (AvgIpc) is 2.50. The summed E-state index contributed by atoms with van der Waals surface area (Å²) in [6.07, 6.45) is 0. The monoisotopic (exact) mass is 330 g/mol. The van der Waals surface area contributed by atoms with Crippen LogP contribution in [0.1, 0.15) is 31.8 Å². The van der Waals surface area contributed by atoms with E-state index >= 15 is 0 Å². The molecule has 10 heteroatoms. The molecule has 1 aliphatic carbocycles. The fourth-order valence-corrected chi connectivity index (χ4v) is 2.63. The Labute approximate surface area is 131 Å². The average molecular weight is 330 g/mol. The number of carbonyl (C=O) groups is 2. The number of nitrogens with zero attached hydrogens (tertiary/aromatic N) is 2. The highest BCUT2D eigenvalue weighted by atomic mass is 16.6. The van der Waals surface area contributed by atoms with Gasteiger partial charge in [0.05, 0.1) is 15.4 Å². The van der Waals surface area contributed by atoms with E-state index in [2.05, 4.69) is 0 Å². The first kappa shape index (κ1) is 15.1. The number of aromatic hydroxyl groups is 2. The largest absolute Gasteiger partial charge is 0.508 e. The molecule has 0 unspecified atom stereocenters. The zero-order valence-electron chi connectivity index (χ0n) is 11.5. The third-order valence-electron chi connectivity index (χ3n) is 3.58. The van der Waals surface area contributed by atoms with Crippen LogP contribution in [0.2, 0.25) is 0 Å². The molecule has 0 fully saturated rings. The van der Waals surface area contributed by atoms with Crippen molar-refractivity contribution in [2.45, 2.75) is 0 Å². The smallest absolute Gasteiger partial charge is 0.357 e. The summed E-state index contributed by atoms with van der Waals surface area (Å²) < 4.78 is 0. The standard InChI is InChI=1S/C14H6N2O8/c17-5-3-7-10(9(18)4-5)14(20)11-6(13(7)19)1-2-8(15(21)22)12(11)16(23)24/h1-4,17-18H. The number of rotatable bonds is 2. The molecule has 120 valence electrons. The quantitative estimate of drug-likeness (QED) is 0.530. The minimum absolute atomic E-state index is 0.340. The van der Waals surface area contributed by atoms with Gasteiger partial charge in [-0.05, 0) is 12.1 Å². The Hall–Kier alpha value is -3.82. The van der Waals surface area contributed by atoms with Gasteiger partial charge in [0, 0.05) is 23.3 Å². The molecule has 0 aromatic heterocycles. The zero-order valence-corrected chi connectivity index (χ0v) is 11.5. The molecule has 24 heavy (non-hydrogen) atoms. The maximum atomic E-state index is 12.6. The number of hydrogen-bond donors (Lipinski definition) is 2. The van der Waals surface area contributed by atoms with Crippen LogP contribution >= 0.6 is 0 Å². The predicted molar refractivity (Wildman–Crippen MR) is 76.4 cm³/mol. The van der Waals surface area contributed by atoms with E-state index in [9.17, 15) is 40.0 Å². The van der Waals surface area contributed by atoms with Crippen LogP contribution in [0, 0.1) is 20.2 Å². The van der Waals surface area contributed by atoms with Crippen LogP contribution in [-0.2, 0) is 0 Å². The van der Waals surface area contributed by atoms with E-state index < -0.39 is 61.0 Å². The van der Waals surface area contributed by atoms with E-state index in [1.165, 1.54) is 0 Å². The van der Waals surface area contributed by atoms with Gasteiger partial charge in [0.25, 0.3) is 0 Å². The summed E-state index contributed by atoms with van der Waals surface area (Å²) in [5.41, 5.74) is -4.11. The third-order valence-corrected chi connectivity index (χ3v) is 3.58. The molecule has 0 amide bonds. The van der Waals surface area contributed by atoms with Gasteiger partial charge in [0.15, 0.2) is 5.78 Å². The van der Waals surface area contributed by atoms with E-state index in [-0.39, 0.29) is 5.56 Å². The van der Waals surface area contributed by atoms with Gasteiger partial charge in [-0.3, -0.25) is 29.8 Å². The fraction of sp³-hybridized carbons (Fsp3) is 0. The topological polar surface area (TPSA) is 161 Å². The lowest BCUT2D eigenvalue weighted by atomic mass is 9.82. The first-order chi connectivity index (χ1) is 11.2. The number of hydrogen-bond acceptors (Lipinski definition) is 8. The summed E-state index contributed by atoms with van der Waals surface area (Å²) in [5, 5.41) is 41.5. The van der Waals surface area contributed by atoms with Crippen LogP contribution in [0.4, 0.5) is 11.4 Å². The summed E-state index contributed by atoms with van der Waals surface area (Å²) in [6.45, 7) is 0. The third kappa shape index (κ3) is 1.90. The van der Waals surface area contributed by atoms with Crippen LogP contribution in [0.5, 0.6) is 11.5 Å². The predicted octanol–water partition coefficient (Wildman–Crippen LogP) is 1.69. The number of carbonyl (C=O) groups excluding carboxylic acids is 2. The molecule has 0 saturated heterocycles. The van der Waals surface area contributed by atoms with Gasteiger partial charge < -0.3 is 10.2 Å². The summed E-state index contributed by atoms with van der Waals surface area (Å²) in [7, 11) is 0. The number of nitro groups is 2. The number of ketones is 2. The van der Waals surface area contributed by atoms with Crippen molar-refractivity contribution in [1.82, 2.24) is 0 Å². The summed E-state index contributed by atoms with van der Waals surface area (Å²) in [6, 6.07) is 3.42. The first-order valence-electron chi connectivity index (χ1n) is 6.35. The van der Waals surface area contributed by atoms with E-state index in [1.807, 2.05) is 0 Å². The fourth-order valence-electron chi connectivity index (χ4n) is 2.63. The Balaban J connectivity index is 2.43. The highest BCUT2D eigenvalue weighted by Crippen LogP contribution is 2.41. The van der Waals surface area contributed by atoms with Gasteiger partial charge in [-0.15, -0.1) is 0 Å². The Morgan fingerprint density at radius 1 is 0.833 bits per heavy atom.